The van der Waals surface area contributed by atoms with E-state index < -0.39 is 0 Å². The van der Waals surface area contributed by atoms with E-state index in [1.807, 2.05) is 4.57 Å². The van der Waals surface area contributed by atoms with Gasteiger partial charge in [0.2, 0.25) is 5.91 Å². The molecule has 4 aliphatic rings. The van der Waals surface area contributed by atoms with Crippen molar-refractivity contribution in [3.8, 4) is 0 Å². The number of aryl methyl sites for hydroxylation is 1. The van der Waals surface area contributed by atoms with Crippen LogP contribution in [0.3, 0.4) is 0 Å². The number of rotatable bonds is 3. The van der Waals surface area contributed by atoms with Crippen LogP contribution >= 0.6 is 0 Å². The molecule has 0 spiro atoms. The van der Waals surface area contributed by atoms with Gasteiger partial charge in [0.05, 0.1) is 12.2 Å². The molecule has 1 aliphatic carbocycles. The van der Waals surface area contributed by atoms with Gasteiger partial charge in [0, 0.05) is 44.6 Å². The third-order valence-corrected chi connectivity index (χ3v) is 8.08. The van der Waals surface area contributed by atoms with E-state index in [1.165, 1.54) is 38.5 Å². The van der Waals surface area contributed by atoms with Crippen molar-refractivity contribution in [2.45, 2.75) is 76.7 Å². The fourth-order valence-corrected chi connectivity index (χ4v) is 6.28. The van der Waals surface area contributed by atoms with Crippen LogP contribution in [0.1, 0.15) is 75.2 Å². The van der Waals surface area contributed by atoms with Crippen LogP contribution in [-0.4, -0.2) is 58.0 Å². The fourth-order valence-electron chi connectivity index (χ4n) is 6.28. The summed E-state index contributed by atoms with van der Waals surface area (Å²) in [4.78, 5) is 34.9. The molecule has 3 aliphatic heterocycles. The van der Waals surface area contributed by atoms with Gasteiger partial charge >= 0.3 is 0 Å². The first-order valence-electron chi connectivity index (χ1n) is 12.3. The maximum Gasteiger partial charge on any atom is 0.253 e. The first-order chi connectivity index (χ1) is 14.7. The van der Waals surface area contributed by atoms with Gasteiger partial charge in [-0.3, -0.25) is 19.1 Å². The lowest BCUT2D eigenvalue weighted by molar-refractivity contribution is -0.135. The molecule has 1 saturated carbocycles. The smallest absolute Gasteiger partial charge is 0.253 e. The number of piperidine rings is 1. The molecule has 2 saturated heterocycles. The van der Waals surface area contributed by atoms with Gasteiger partial charge in [-0.1, -0.05) is 25.7 Å². The number of amides is 1. The summed E-state index contributed by atoms with van der Waals surface area (Å²) in [6.07, 6.45) is 11.9. The Morgan fingerprint density at radius 2 is 1.80 bits per heavy atom. The summed E-state index contributed by atoms with van der Waals surface area (Å²) in [5.41, 5.74) is 1.06. The third kappa shape index (κ3) is 4.20. The summed E-state index contributed by atoms with van der Waals surface area (Å²) in [7, 11) is 0. The molecule has 1 aromatic rings. The molecular weight excluding hydrogens is 376 g/mol. The molecule has 164 valence electrons. The number of fused-ring (bicyclic) bond motifs is 2. The molecule has 0 aromatic carbocycles. The molecule has 3 atom stereocenters. The van der Waals surface area contributed by atoms with Crippen molar-refractivity contribution in [2.75, 3.05) is 32.7 Å². The Balaban J connectivity index is 1.19. The maximum absolute atomic E-state index is 13.0. The first-order valence-corrected chi connectivity index (χ1v) is 12.3. The minimum atomic E-state index is 0.113. The number of nitrogens with zero attached hydrogens (tertiary/aromatic N) is 4. The van der Waals surface area contributed by atoms with E-state index in [0.717, 1.165) is 81.8 Å². The molecule has 0 N–H and O–H groups in total. The van der Waals surface area contributed by atoms with E-state index in [-0.39, 0.29) is 11.5 Å². The summed E-state index contributed by atoms with van der Waals surface area (Å²) >= 11 is 0. The average Bonchev–Trinajstić information content (AvgIpc) is 3.09. The van der Waals surface area contributed by atoms with Crippen LogP contribution in [0.2, 0.25) is 0 Å². The minimum absolute atomic E-state index is 0.113. The van der Waals surface area contributed by atoms with Crippen LogP contribution in [0.4, 0.5) is 0 Å². The average molecular weight is 413 g/mol. The summed E-state index contributed by atoms with van der Waals surface area (Å²) in [5, 5.41) is 0. The first kappa shape index (κ1) is 20.2. The standard InChI is InChI=1S/C24H36N4O2/c29-23-14-21(25-22-8-2-1-5-11-28(22)23)20-9-12-26(15-20)17-24(30)27-13-10-18-6-3-4-7-19(18)16-27/h14,18-20H,1-13,15-17H2/t18-,19+,20-/m0/s1. The van der Waals surface area contributed by atoms with Gasteiger partial charge in [-0.2, -0.15) is 0 Å². The molecule has 6 nitrogen and oxygen atoms in total. The van der Waals surface area contributed by atoms with Gasteiger partial charge in [0.1, 0.15) is 5.82 Å². The molecule has 1 amide bonds. The third-order valence-electron chi connectivity index (χ3n) is 8.08. The van der Waals surface area contributed by atoms with E-state index in [0.29, 0.717) is 12.5 Å². The largest absolute Gasteiger partial charge is 0.341 e. The Labute approximate surface area is 179 Å². The topological polar surface area (TPSA) is 58.4 Å². The zero-order chi connectivity index (χ0) is 20.5. The SMILES string of the molecule is O=C(CN1CC[C@H](c2cc(=O)n3c(n2)CCCCC3)C1)N1CC[C@@H]2CCCC[C@@H]2C1. The molecule has 0 unspecified atom stereocenters. The van der Waals surface area contributed by atoms with Crippen molar-refractivity contribution in [1.82, 2.24) is 19.4 Å². The maximum atomic E-state index is 13.0. The molecule has 3 fully saturated rings. The van der Waals surface area contributed by atoms with Gasteiger partial charge in [-0.15, -0.1) is 0 Å². The van der Waals surface area contributed by atoms with Gasteiger partial charge < -0.3 is 4.90 Å². The number of hydrogen-bond donors (Lipinski definition) is 0. The Bertz CT molecular complexity index is 835. The van der Waals surface area contributed by atoms with Crippen LogP contribution in [0.25, 0.3) is 0 Å². The second-order valence-corrected chi connectivity index (χ2v) is 10.1. The number of aromatic nitrogens is 2. The van der Waals surface area contributed by atoms with Crippen molar-refractivity contribution in [1.29, 1.82) is 0 Å². The highest BCUT2D eigenvalue weighted by molar-refractivity contribution is 5.78. The van der Waals surface area contributed by atoms with E-state index >= 15 is 0 Å². The monoisotopic (exact) mass is 412 g/mol. The lowest BCUT2D eigenvalue weighted by Gasteiger charge is -2.41. The highest BCUT2D eigenvalue weighted by Gasteiger charge is 2.34. The molecule has 5 rings (SSSR count). The van der Waals surface area contributed by atoms with Crippen LogP contribution in [0.5, 0.6) is 0 Å². The van der Waals surface area contributed by atoms with Gasteiger partial charge in [-0.05, 0) is 50.5 Å². The van der Waals surface area contributed by atoms with Crippen molar-refractivity contribution in [2.24, 2.45) is 11.8 Å². The minimum Gasteiger partial charge on any atom is -0.341 e. The second-order valence-electron chi connectivity index (χ2n) is 10.1. The number of carbonyl (C=O) groups excluding carboxylic acids is 1. The van der Waals surface area contributed by atoms with Crippen molar-refractivity contribution in [3.63, 3.8) is 0 Å². The lowest BCUT2D eigenvalue weighted by Crippen LogP contribution is -2.48. The Kier molecular flexibility index (Phi) is 5.94. The van der Waals surface area contributed by atoms with Crippen LogP contribution < -0.4 is 5.56 Å². The zero-order valence-corrected chi connectivity index (χ0v) is 18.2. The van der Waals surface area contributed by atoms with Crippen LogP contribution in [0.15, 0.2) is 10.9 Å². The molecular formula is C24H36N4O2. The number of carbonyl (C=O) groups is 1. The summed E-state index contributed by atoms with van der Waals surface area (Å²) < 4.78 is 1.88. The van der Waals surface area contributed by atoms with E-state index in [4.69, 9.17) is 4.98 Å². The molecule has 30 heavy (non-hydrogen) atoms. The van der Waals surface area contributed by atoms with Gasteiger partial charge in [-0.25, -0.2) is 4.98 Å². The van der Waals surface area contributed by atoms with E-state index in [1.54, 1.807) is 6.07 Å². The molecule has 1 aromatic heterocycles. The fraction of sp³-hybridized carbons (Fsp3) is 0.792. The Morgan fingerprint density at radius 1 is 0.933 bits per heavy atom. The predicted molar refractivity (Wildman–Crippen MR) is 116 cm³/mol. The molecule has 0 bridgehead atoms. The van der Waals surface area contributed by atoms with Crippen molar-refractivity contribution >= 4 is 5.91 Å². The predicted octanol–water partition coefficient (Wildman–Crippen LogP) is 2.80. The van der Waals surface area contributed by atoms with Crippen molar-refractivity contribution < 1.29 is 4.79 Å². The van der Waals surface area contributed by atoms with Crippen LogP contribution in [-0.2, 0) is 17.8 Å². The van der Waals surface area contributed by atoms with Crippen LogP contribution in [0, 0.1) is 11.8 Å². The van der Waals surface area contributed by atoms with E-state index in [2.05, 4.69) is 9.80 Å². The normalized spacial score (nSPS) is 29.9. The Morgan fingerprint density at radius 3 is 2.70 bits per heavy atom. The van der Waals surface area contributed by atoms with E-state index in [9.17, 15) is 9.59 Å². The highest BCUT2D eigenvalue weighted by Crippen LogP contribution is 2.36. The molecule has 0 radical (unpaired) electrons. The Hall–Kier alpha value is -1.69. The lowest BCUT2D eigenvalue weighted by atomic mass is 9.75. The van der Waals surface area contributed by atoms with Gasteiger partial charge in [0.15, 0.2) is 0 Å². The van der Waals surface area contributed by atoms with Crippen molar-refractivity contribution in [3.05, 3.63) is 27.9 Å². The van der Waals surface area contributed by atoms with Gasteiger partial charge in [0.25, 0.3) is 5.56 Å². The second kappa shape index (κ2) is 8.81. The molecule has 4 heterocycles. The summed E-state index contributed by atoms with van der Waals surface area (Å²) in [5.74, 6) is 3.15. The number of likely N-dealkylation sites (tertiary alicyclic amines) is 2. The summed E-state index contributed by atoms with van der Waals surface area (Å²) in [6.45, 7) is 5.03. The molecule has 6 heteroatoms. The highest BCUT2D eigenvalue weighted by atomic mass is 16.2. The number of hydrogen-bond acceptors (Lipinski definition) is 4. The summed E-state index contributed by atoms with van der Waals surface area (Å²) in [6, 6.07) is 1.76. The quantitative estimate of drug-likeness (QED) is 0.766. The zero-order valence-electron chi connectivity index (χ0n) is 18.2.